The number of hydrogen-bond donors (Lipinski definition) is 1. The lowest BCUT2D eigenvalue weighted by Gasteiger charge is -2.07. The van der Waals surface area contributed by atoms with Crippen molar-refractivity contribution in [1.82, 2.24) is 4.98 Å². The van der Waals surface area contributed by atoms with E-state index in [4.69, 9.17) is 9.84 Å². The predicted octanol–water partition coefficient (Wildman–Crippen LogP) is 3.93. The molecule has 1 N–H and O–H groups in total. The van der Waals surface area contributed by atoms with E-state index in [1.807, 2.05) is 30.3 Å². The highest BCUT2D eigenvalue weighted by atomic mass is 79.9. The molecule has 0 atom stereocenters. The molecule has 0 saturated carbocycles. The highest BCUT2D eigenvalue weighted by Crippen LogP contribution is 2.29. The van der Waals surface area contributed by atoms with Crippen LogP contribution in [-0.4, -0.2) is 16.7 Å². The van der Waals surface area contributed by atoms with Gasteiger partial charge in [-0.15, -0.1) is 0 Å². The minimum Gasteiger partial charge on any atom is -0.438 e. The van der Waals surface area contributed by atoms with Crippen molar-refractivity contribution in [3.05, 3.63) is 51.0 Å². The van der Waals surface area contributed by atoms with E-state index in [9.17, 15) is 0 Å². The first-order valence-electron chi connectivity index (χ1n) is 5.38. The molecule has 1 aromatic heterocycles. The summed E-state index contributed by atoms with van der Waals surface area (Å²) < 4.78 is 7.33. The Morgan fingerprint density at radius 2 is 1.89 bits per heavy atom. The molecule has 1 aromatic carbocycles. The molecule has 0 aliphatic rings. The van der Waals surface area contributed by atoms with E-state index in [1.54, 1.807) is 6.20 Å². The number of nitrogens with zero attached hydrogens (tertiary/aromatic N) is 1. The van der Waals surface area contributed by atoms with Gasteiger partial charge in [-0.1, -0.05) is 12.1 Å². The van der Waals surface area contributed by atoms with Crippen molar-refractivity contribution in [3.8, 4) is 11.6 Å². The molecule has 0 spiro atoms. The van der Waals surface area contributed by atoms with Crippen LogP contribution in [0.1, 0.15) is 5.56 Å². The van der Waals surface area contributed by atoms with Gasteiger partial charge in [-0.2, -0.15) is 0 Å². The van der Waals surface area contributed by atoms with E-state index in [1.165, 1.54) is 0 Å². The Morgan fingerprint density at radius 1 is 1.17 bits per heavy atom. The predicted molar refractivity (Wildman–Crippen MR) is 76.9 cm³/mol. The van der Waals surface area contributed by atoms with Gasteiger partial charge in [0.05, 0.1) is 4.47 Å². The number of aliphatic hydroxyl groups excluding tert-OH is 1. The maximum Gasteiger partial charge on any atom is 0.233 e. The number of halogens is 2. The van der Waals surface area contributed by atoms with Crippen LogP contribution in [0.2, 0.25) is 0 Å². The minimum atomic E-state index is 0.153. The van der Waals surface area contributed by atoms with Gasteiger partial charge in [-0.3, -0.25) is 0 Å². The van der Waals surface area contributed by atoms with E-state index < -0.39 is 0 Å². The molecule has 18 heavy (non-hydrogen) atoms. The fraction of sp³-hybridized carbons (Fsp3) is 0.154. The molecule has 0 aliphatic heterocycles. The van der Waals surface area contributed by atoms with E-state index >= 15 is 0 Å². The smallest absolute Gasteiger partial charge is 0.233 e. The average molecular weight is 373 g/mol. The van der Waals surface area contributed by atoms with E-state index in [0.29, 0.717) is 18.1 Å². The third kappa shape index (κ3) is 3.54. The summed E-state index contributed by atoms with van der Waals surface area (Å²) in [7, 11) is 0. The Hall–Kier alpha value is -0.910. The third-order valence-corrected chi connectivity index (χ3v) is 3.31. The van der Waals surface area contributed by atoms with Gasteiger partial charge in [-0.25, -0.2) is 4.98 Å². The van der Waals surface area contributed by atoms with Crippen LogP contribution in [0.25, 0.3) is 0 Å². The lowest BCUT2D eigenvalue weighted by molar-refractivity contribution is 0.299. The summed E-state index contributed by atoms with van der Waals surface area (Å²) >= 11 is 6.73. The van der Waals surface area contributed by atoms with Crippen LogP contribution < -0.4 is 4.74 Å². The van der Waals surface area contributed by atoms with Crippen molar-refractivity contribution >= 4 is 31.9 Å². The molecule has 0 bridgehead atoms. The summed E-state index contributed by atoms with van der Waals surface area (Å²) in [6.07, 6.45) is 2.33. The van der Waals surface area contributed by atoms with E-state index in [2.05, 4.69) is 36.8 Å². The Balaban J connectivity index is 2.13. The number of hydrogen-bond acceptors (Lipinski definition) is 3. The molecule has 2 aromatic rings. The average Bonchev–Trinajstić information content (AvgIpc) is 2.35. The molecule has 0 fully saturated rings. The topological polar surface area (TPSA) is 42.4 Å². The SMILES string of the molecule is OCCc1ccc(Oc2ncc(Br)cc2Br)cc1. The zero-order chi connectivity index (χ0) is 13.0. The molecule has 5 heteroatoms. The summed E-state index contributed by atoms with van der Waals surface area (Å²) in [6, 6.07) is 9.46. The Labute approximate surface area is 122 Å². The van der Waals surface area contributed by atoms with Crippen molar-refractivity contribution in [2.75, 3.05) is 6.61 Å². The standard InChI is InChI=1S/C13H11Br2NO2/c14-10-7-12(15)13(16-8-10)18-11-3-1-9(2-4-11)5-6-17/h1-4,7-8,17H,5-6H2. The van der Waals surface area contributed by atoms with Crippen LogP contribution in [-0.2, 0) is 6.42 Å². The molecule has 1 heterocycles. The highest BCUT2D eigenvalue weighted by molar-refractivity contribution is 9.11. The first-order chi connectivity index (χ1) is 8.69. The fourth-order valence-corrected chi connectivity index (χ4v) is 2.51. The quantitative estimate of drug-likeness (QED) is 0.883. The Kier molecular flexibility index (Phi) is 4.74. The zero-order valence-corrected chi connectivity index (χ0v) is 12.6. The monoisotopic (exact) mass is 371 g/mol. The Bertz CT molecular complexity index is 529. The maximum atomic E-state index is 8.83. The second kappa shape index (κ2) is 6.31. The van der Waals surface area contributed by atoms with Gasteiger partial charge >= 0.3 is 0 Å². The van der Waals surface area contributed by atoms with Crippen LogP contribution in [0.4, 0.5) is 0 Å². The molecule has 0 aliphatic carbocycles. The van der Waals surface area contributed by atoms with Gasteiger partial charge in [0.1, 0.15) is 5.75 Å². The van der Waals surface area contributed by atoms with Crippen molar-refractivity contribution in [2.24, 2.45) is 0 Å². The van der Waals surface area contributed by atoms with Crippen molar-refractivity contribution in [3.63, 3.8) is 0 Å². The zero-order valence-electron chi connectivity index (χ0n) is 9.44. The van der Waals surface area contributed by atoms with Crippen molar-refractivity contribution < 1.29 is 9.84 Å². The lowest BCUT2D eigenvalue weighted by Crippen LogP contribution is -1.92. The molecule has 0 radical (unpaired) electrons. The first kappa shape index (κ1) is 13.5. The summed E-state index contributed by atoms with van der Waals surface area (Å²) in [5.41, 5.74) is 1.08. The van der Waals surface area contributed by atoms with Gasteiger partial charge in [0, 0.05) is 17.3 Å². The molecule has 94 valence electrons. The van der Waals surface area contributed by atoms with Crippen molar-refractivity contribution in [2.45, 2.75) is 6.42 Å². The van der Waals surface area contributed by atoms with Gasteiger partial charge in [0.2, 0.25) is 5.88 Å². The molecule has 0 unspecified atom stereocenters. The lowest BCUT2D eigenvalue weighted by atomic mass is 10.1. The van der Waals surface area contributed by atoms with E-state index in [-0.39, 0.29) is 6.61 Å². The van der Waals surface area contributed by atoms with Gasteiger partial charge < -0.3 is 9.84 Å². The summed E-state index contributed by atoms with van der Waals surface area (Å²) in [5.74, 6) is 1.24. The minimum absolute atomic E-state index is 0.153. The molecule has 0 amide bonds. The third-order valence-electron chi connectivity index (χ3n) is 2.31. The normalized spacial score (nSPS) is 10.4. The number of aromatic nitrogens is 1. The van der Waals surface area contributed by atoms with E-state index in [0.717, 1.165) is 14.5 Å². The molecular formula is C13H11Br2NO2. The molecule has 2 rings (SSSR count). The number of benzene rings is 1. The molecule has 0 saturated heterocycles. The summed E-state index contributed by atoms with van der Waals surface area (Å²) in [5, 5.41) is 8.83. The summed E-state index contributed by atoms with van der Waals surface area (Å²) in [6.45, 7) is 0.153. The second-order valence-corrected chi connectivity index (χ2v) is 5.43. The van der Waals surface area contributed by atoms with Crippen LogP contribution in [0, 0.1) is 0 Å². The fourth-order valence-electron chi connectivity index (χ4n) is 1.44. The first-order valence-corrected chi connectivity index (χ1v) is 6.96. The highest BCUT2D eigenvalue weighted by Gasteiger charge is 2.05. The van der Waals surface area contributed by atoms with Crippen molar-refractivity contribution in [1.29, 1.82) is 0 Å². The maximum absolute atomic E-state index is 8.83. The van der Waals surface area contributed by atoms with Crippen LogP contribution in [0.15, 0.2) is 45.5 Å². The number of rotatable bonds is 4. The Morgan fingerprint density at radius 3 is 2.50 bits per heavy atom. The van der Waals surface area contributed by atoms with Crippen LogP contribution >= 0.6 is 31.9 Å². The number of ether oxygens (including phenoxy) is 1. The number of pyridine rings is 1. The molecule has 3 nitrogen and oxygen atoms in total. The summed E-state index contributed by atoms with van der Waals surface area (Å²) in [4.78, 5) is 4.18. The second-order valence-electron chi connectivity index (χ2n) is 3.66. The van der Waals surface area contributed by atoms with Crippen LogP contribution in [0.5, 0.6) is 11.6 Å². The van der Waals surface area contributed by atoms with Gasteiger partial charge in [0.15, 0.2) is 0 Å². The van der Waals surface area contributed by atoms with Gasteiger partial charge in [-0.05, 0) is 62.0 Å². The molecular weight excluding hydrogens is 362 g/mol. The van der Waals surface area contributed by atoms with Crippen LogP contribution in [0.3, 0.4) is 0 Å². The largest absolute Gasteiger partial charge is 0.438 e. The number of aliphatic hydroxyl groups is 1. The van der Waals surface area contributed by atoms with Gasteiger partial charge in [0.25, 0.3) is 0 Å².